The molecule has 0 amide bonds. The second-order valence-electron chi connectivity index (χ2n) is 2.76. The minimum atomic E-state index is 0.124. The molecule has 0 saturated heterocycles. The topological polar surface area (TPSA) is 22.1 Å². The van der Waals surface area contributed by atoms with Gasteiger partial charge < -0.3 is 4.74 Å². The first-order valence-corrected chi connectivity index (χ1v) is 4.82. The van der Waals surface area contributed by atoms with Gasteiger partial charge in [0.25, 0.3) is 0 Å². The minimum Gasteiger partial charge on any atom is -0.369 e. The van der Waals surface area contributed by atoms with Crippen molar-refractivity contribution in [3.8, 4) is 0 Å². The molecular formula is C8H7BrClNO. The summed E-state index contributed by atoms with van der Waals surface area (Å²) in [6, 6.07) is 1.85. The Balaban J connectivity index is 2.60. The number of hydrogen-bond donors (Lipinski definition) is 0. The van der Waals surface area contributed by atoms with Gasteiger partial charge in [-0.15, -0.1) is 0 Å². The van der Waals surface area contributed by atoms with Gasteiger partial charge in [-0.3, -0.25) is 0 Å². The van der Waals surface area contributed by atoms with E-state index >= 15 is 0 Å². The van der Waals surface area contributed by atoms with Crippen LogP contribution in [0.15, 0.2) is 10.7 Å². The van der Waals surface area contributed by atoms with Crippen molar-refractivity contribution in [1.82, 2.24) is 4.98 Å². The fourth-order valence-corrected chi connectivity index (χ4v) is 2.47. The molecule has 4 heteroatoms. The normalized spacial score (nSPS) is 21.1. The molecule has 1 aliphatic heterocycles. The summed E-state index contributed by atoms with van der Waals surface area (Å²) in [6.45, 7) is 2.64. The van der Waals surface area contributed by atoms with Gasteiger partial charge >= 0.3 is 0 Å². The minimum absolute atomic E-state index is 0.124. The first kappa shape index (κ1) is 8.48. The fraction of sp³-hybridized carbons (Fsp3) is 0.375. The first-order chi connectivity index (χ1) is 5.68. The first-order valence-electron chi connectivity index (χ1n) is 3.65. The number of hydrogen-bond acceptors (Lipinski definition) is 2. The molecule has 0 aliphatic carbocycles. The Labute approximate surface area is 84.0 Å². The Morgan fingerprint density at radius 3 is 3.25 bits per heavy atom. The van der Waals surface area contributed by atoms with E-state index in [-0.39, 0.29) is 6.10 Å². The average Bonchev–Trinajstić information content (AvgIpc) is 2.31. The fourth-order valence-electron chi connectivity index (χ4n) is 1.39. The Hall–Kier alpha value is -0.120. The summed E-state index contributed by atoms with van der Waals surface area (Å²) < 4.78 is 6.23. The van der Waals surface area contributed by atoms with Gasteiger partial charge in [-0.2, -0.15) is 0 Å². The highest BCUT2D eigenvalue weighted by atomic mass is 79.9. The zero-order chi connectivity index (χ0) is 8.72. The van der Waals surface area contributed by atoms with E-state index in [1.54, 1.807) is 0 Å². The maximum absolute atomic E-state index is 5.78. The quantitative estimate of drug-likeness (QED) is 0.658. The van der Waals surface area contributed by atoms with Crippen LogP contribution in [0.25, 0.3) is 0 Å². The highest BCUT2D eigenvalue weighted by molar-refractivity contribution is 9.10. The smallest absolute Gasteiger partial charge is 0.130 e. The van der Waals surface area contributed by atoms with Gasteiger partial charge in [0.05, 0.1) is 12.7 Å². The van der Waals surface area contributed by atoms with Crippen molar-refractivity contribution < 1.29 is 4.74 Å². The SMILES string of the molecule is C[C@@H]1OCc2cc(Cl)nc(Br)c21. The highest BCUT2D eigenvalue weighted by Gasteiger charge is 2.23. The second kappa shape index (κ2) is 2.98. The molecule has 0 bridgehead atoms. The number of pyridine rings is 1. The standard InChI is InChI=1S/C8H7BrClNO/c1-4-7-5(3-12-4)2-6(10)11-8(7)9/h2,4H,3H2,1H3/t4-/m0/s1. The Morgan fingerprint density at radius 1 is 1.75 bits per heavy atom. The predicted octanol–water partition coefficient (Wildman–Crippen LogP) is 3.09. The van der Waals surface area contributed by atoms with Crippen LogP contribution < -0.4 is 0 Å². The molecule has 2 nitrogen and oxygen atoms in total. The molecule has 12 heavy (non-hydrogen) atoms. The molecule has 0 unspecified atom stereocenters. The van der Waals surface area contributed by atoms with Crippen molar-refractivity contribution in [3.05, 3.63) is 26.9 Å². The zero-order valence-electron chi connectivity index (χ0n) is 6.47. The van der Waals surface area contributed by atoms with Crippen LogP contribution in [0.5, 0.6) is 0 Å². The number of halogens is 2. The van der Waals surface area contributed by atoms with Crippen LogP contribution >= 0.6 is 27.5 Å². The van der Waals surface area contributed by atoms with Gasteiger partial charge in [-0.1, -0.05) is 11.6 Å². The van der Waals surface area contributed by atoms with Gasteiger partial charge in [-0.25, -0.2) is 4.98 Å². The Bertz CT molecular complexity index is 329. The number of nitrogens with zero attached hydrogens (tertiary/aromatic N) is 1. The lowest BCUT2D eigenvalue weighted by Crippen LogP contribution is -1.92. The van der Waals surface area contributed by atoms with Crippen molar-refractivity contribution >= 4 is 27.5 Å². The van der Waals surface area contributed by atoms with E-state index in [1.165, 1.54) is 0 Å². The molecule has 0 N–H and O–H groups in total. The van der Waals surface area contributed by atoms with Crippen LogP contribution in [0.3, 0.4) is 0 Å². The summed E-state index contributed by atoms with van der Waals surface area (Å²) in [5, 5.41) is 0.512. The maximum Gasteiger partial charge on any atom is 0.130 e. The van der Waals surface area contributed by atoms with E-state index in [0.717, 1.165) is 15.7 Å². The third-order valence-corrected chi connectivity index (χ3v) is 2.76. The van der Waals surface area contributed by atoms with Gasteiger partial charge in [0.15, 0.2) is 0 Å². The molecule has 1 aromatic rings. The van der Waals surface area contributed by atoms with Crippen LogP contribution in [0.4, 0.5) is 0 Å². The summed E-state index contributed by atoms with van der Waals surface area (Å²) in [5.41, 5.74) is 2.26. The lowest BCUT2D eigenvalue weighted by Gasteiger charge is -2.04. The van der Waals surface area contributed by atoms with E-state index in [1.807, 2.05) is 13.0 Å². The number of rotatable bonds is 0. The lowest BCUT2D eigenvalue weighted by atomic mass is 10.1. The Morgan fingerprint density at radius 2 is 2.50 bits per heavy atom. The third kappa shape index (κ3) is 1.26. The average molecular weight is 249 g/mol. The molecule has 0 spiro atoms. The molecule has 2 rings (SSSR count). The molecule has 0 aromatic carbocycles. The number of ether oxygens (including phenoxy) is 1. The van der Waals surface area contributed by atoms with E-state index in [2.05, 4.69) is 20.9 Å². The van der Waals surface area contributed by atoms with Crippen LogP contribution in [-0.4, -0.2) is 4.98 Å². The van der Waals surface area contributed by atoms with E-state index in [0.29, 0.717) is 11.8 Å². The summed E-state index contributed by atoms with van der Waals surface area (Å²) in [7, 11) is 0. The molecule has 0 fully saturated rings. The maximum atomic E-state index is 5.78. The van der Waals surface area contributed by atoms with Crippen LogP contribution in [-0.2, 0) is 11.3 Å². The van der Waals surface area contributed by atoms with E-state index < -0.39 is 0 Å². The summed E-state index contributed by atoms with van der Waals surface area (Å²) in [4.78, 5) is 4.10. The van der Waals surface area contributed by atoms with Crippen molar-refractivity contribution in [3.63, 3.8) is 0 Å². The predicted molar refractivity (Wildman–Crippen MR) is 50.2 cm³/mol. The van der Waals surface area contributed by atoms with E-state index in [4.69, 9.17) is 16.3 Å². The zero-order valence-corrected chi connectivity index (χ0v) is 8.82. The highest BCUT2D eigenvalue weighted by Crippen LogP contribution is 2.35. The van der Waals surface area contributed by atoms with Gasteiger partial charge in [-0.05, 0) is 34.5 Å². The third-order valence-electron chi connectivity index (χ3n) is 1.96. The summed E-state index contributed by atoms with van der Waals surface area (Å²) in [5.74, 6) is 0. The molecule has 2 heterocycles. The summed E-state index contributed by atoms with van der Waals surface area (Å²) >= 11 is 9.14. The van der Waals surface area contributed by atoms with Crippen molar-refractivity contribution in [1.29, 1.82) is 0 Å². The van der Waals surface area contributed by atoms with Crippen LogP contribution in [0, 0.1) is 0 Å². The molecular weight excluding hydrogens is 241 g/mol. The van der Waals surface area contributed by atoms with Crippen molar-refractivity contribution in [2.24, 2.45) is 0 Å². The van der Waals surface area contributed by atoms with Gasteiger partial charge in [0.2, 0.25) is 0 Å². The molecule has 64 valence electrons. The monoisotopic (exact) mass is 247 g/mol. The molecule has 0 radical (unpaired) electrons. The van der Waals surface area contributed by atoms with Gasteiger partial charge in [0.1, 0.15) is 9.76 Å². The number of aromatic nitrogens is 1. The molecule has 1 aliphatic rings. The molecule has 0 saturated carbocycles. The van der Waals surface area contributed by atoms with Crippen molar-refractivity contribution in [2.45, 2.75) is 19.6 Å². The largest absolute Gasteiger partial charge is 0.369 e. The molecule has 1 aromatic heterocycles. The van der Waals surface area contributed by atoms with E-state index in [9.17, 15) is 0 Å². The molecule has 1 atom stereocenters. The van der Waals surface area contributed by atoms with Crippen LogP contribution in [0.2, 0.25) is 5.15 Å². The van der Waals surface area contributed by atoms with Gasteiger partial charge in [0, 0.05) is 5.56 Å². The number of fused-ring (bicyclic) bond motifs is 1. The van der Waals surface area contributed by atoms with Crippen LogP contribution in [0.1, 0.15) is 24.2 Å². The lowest BCUT2D eigenvalue weighted by molar-refractivity contribution is 0.0792. The van der Waals surface area contributed by atoms with Crippen molar-refractivity contribution in [2.75, 3.05) is 0 Å². The summed E-state index contributed by atoms with van der Waals surface area (Å²) in [6.07, 6.45) is 0.124. The second-order valence-corrected chi connectivity index (χ2v) is 3.90. The Kier molecular flexibility index (Phi) is 2.10.